The monoisotopic (exact) mass is 449 g/mol. The van der Waals surface area contributed by atoms with Crippen LogP contribution in [0, 0.1) is 5.92 Å². The van der Waals surface area contributed by atoms with Gasteiger partial charge in [0.15, 0.2) is 17.5 Å². The summed E-state index contributed by atoms with van der Waals surface area (Å²) < 4.78 is 16.2. The predicted molar refractivity (Wildman–Crippen MR) is 107 cm³/mol. The van der Waals surface area contributed by atoms with Crippen LogP contribution >= 0.6 is 24.0 Å². The predicted octanol–water partition coefficient (Wildman–Crippen LogP) is 2.80. The zero-order chi connectivity index (χ0) is 16.7. The molecule has 1 aliphatic rings. The fourth-order valence-electron chi connectivity index (χ4n) is 2.36. The van der Waals surface area contributed by atoms with E-state index in [0.717, 1.165) is 30.5 Å². The van der Waals surface area contributed by atoms with Crippen molar-refractivity contribution in [2.45, 2.75) is 26.3 Å². The normalized spacial score (nSPS) is 13.8. The van der Waals surface area contributed by atoms with Gasteiger partial charge in [-0.15, -0.1) is 24.0 Å². The Morgan fingerprint density at radius 2 is 1.79 bits per heavy atom. The van der Waals surface area contributed by atoms with Gasteiger partial charge in [-0.05, 0) is 37.8 Å². The number of methoxy groups -OCH3 is 3. The third kappa shape index (κ3) is 5.61. The average molecular weight is 449 g/mol. The molecule has 0 saturated heterocycles. The van der Waals surface area contributed by atoms with Gasteiger partial charge < -0.3 is 24.8 Å². The maximum Gasteiger partial charge on any atom is 0.203 e. The SMILES string of the molecule is CCNC(=NCc1ccc(OC)c(OC)c1OC)NCC1CC1.I. The molecule has 0 amide bonds. The molecule has 0 aliphatic heterocycles. The molecule has 7 heteroatoms. The third-order valence-electron chi connectivity index (χ3n) is 3.79. The number of nitrogens with one attached hydrogen (secondary N) is 2. The Kier molecular flexibility index (Phi) is 9.02. The number of ether oxygens (including phenoxy) is 3. The van der Waals surface area contributed by atoms with Crippen LogP contribution in [0.3, 0.4) is 0 Å². The molecule has 0 heterocycles. The van der Waals surface area contributed by atoms with Crippen molar-refractivity contribution >= 4 is 29.9 Å². The van der Waals surface area contributed by atoms with Gasteiger partial charge >= 0.3 is 0 Å². The number of guanidine groups is 1. The minimum atomic E-state index is 0. The van der Waals surface area contributed by atoms with Crippen LogP contribution in [-0.2, 0) is 6.54 Å². The first kappa shape index (κ1) is 20.7. The first-order chi connectivity index (χ1) is 11.2. The van der Waals surface area contributed by atoms with E-state index in [1.54, 1.807) is 21.3 Å². The number of hydrogen-bond acceptors (Lipinski definition) is 4. The number of aliphatic imine (C=N–C) groups is 1. The Bertz CT molecular complexity index is 548. The van der Waals surface area contributed by atoms with E-state index in [4.69, 9.17) is 14.2 Å². The maximum absolute atomic E-state index is 5.50. The molecule has 0 radical (unpaired) electrons. The number of hydrogen-bond donors (Lipinski definition) is 2. The summed E-state index contributed by atoms with van der Waals surface area (Å²) >= 11 is 0. The minimum Gasteiger partial charge on any atom is -0.493 e. The molecule has 1 aromatic carbocycles. The van der Waals surface area contributed by atoms with Gasteiger partial charge in [0.1, 0.15) is 0 Å². The molecule has 6 nitrogen and oxygen atoms in total. The van der Waals surface area contributed by atoms with Crippen LogP contribution in [0.5, 0.6) is 17.2 Å². The van der Waals surface area contributed by atoms with E-state index in [1.165, 1.54) is 12.8 Å². The van der Waals surface area contributed by atoms with Crippen LogP contribution in [0.15, 0.2) is 17.1 Å². The van der Waals surface area contributed by atoms with Gasteiger partial charge in [0.05, 0.1) is 27.9 Å². The molecule has 0 bridgehead atoms. The quantitative estimate of drug-likeness (QED) is 0.363. The van der Waals surface area contributed by atoms with Gasteiger partial charge in [-0.1, -0.05) is 0 Å². The second-order valence-electron chi connectivity index (χ2n) is 5.51. The van der Waals surface area contributed by atoms with E-state index in [-0.39, 0.29) is 24.0 Å². The Hall–Kier alpha value is -1.38. The molecule has 1 aromatic rings. The van der Waals surface area contributed by atoms with Gasteiger partial charge in [-0.3, -0.25) is 0 Å². The zero-order valence-electron chi connectivity index (χ0n) is 14.8. The van der Waals surface area contributed by atoms with Crippen molar-refractivity contribution in [3.63, 3.8) is 0 Å². The molecule has 1 fully saturated rings. The number of halogens is 1. The maximum atomic E-state index is 5.50. The highest BCUT2D eigenvalue weighted by Gasteiger charge is 2.21. The van der Waals surface area contributed by atoms with Gasteiger partial charge in [0, 0.05) is 18.7 Å². The molecule has 1 saturated carbocycles. The molecule has 2 rings (SSSR count). The van der Waals surface area contributed by atoms with Crippen molar-refractivity contribution < 1.29 is 14.2 Å². The summed E-state index contributed by atoms with van der Waals surface area (Å²) in [5, 5.41) is 6.65. The van der Waals surface area contributed by atoms with Crippen molar-refractivity contribution in [3.8, 4) is 17.2 Å². The van der Waals surface area contributed by atoms with Gasteiger partial charge in [0.25, 0.3) is 0 Å². The van der Waals surface area contributed by atoms with Gasteiger partial charge in [-0.25, -0.2) is 4.99 Å². The third-order valence-corrected chi connectivity index (χ3v) is 3.79. The van der Waals surface area contributed by atoms with E-state index in [2.05, 4.69) is 22.5 Å². The highest BCUT2D eigenvalue weighted by molar-refractivity contribution is 14.0. The fraction of sp³-hybridized carbons (Fsp3) is 0.588. The highest BCUT2D eigenvalue weighted by Crippen LogP contribution is 2.39. The number of benzene rings is 1. The molecular formula is C17H28IN3O3. The summed E-state index contributed by atoms with van der Waals surface area (Å²) in [5.74, 6) is 3.54. The lowest BCUT2D eigenvalue weighted by Gasteiger charge is -2.15. The standard InChI is InChI=1S/C17H27N3O3.HI/c1-5-18-17(19-10-12-6-7-12)20-11-13-8-9-14(21-2)16(23-4)15(13)22-3;/h8-9,12H,5-7,10-11H2,1-4H3,(H2,18,19,20);1H. The Balaban J connectivity index is 0.00000288. The summed E-state index contributed by atoms with van der Waals surface area (Å²) in [5.41, 5.74) is 0.953. The van der Waals surface area contributed by atoms with Crippen molar-refractivity contribution in [2.75, 3.05) is 34.4 Å². The van der Waals surface area contributed by atoms with Gasteiger partial charge in [0.2, 0.25) is 5.75 Å². The van der Waals surface area contributed by atoms with Crippen LogP contribution in [-0.4, -0.2) is 40.4 Å². The Morgan fingerprint density at radius 1 is 1.08 bits per heavy atom. The largest absolute Gasteiger partial charge is 0.493 e. The topological polar surface area (TPSA) is 64.1 Å². The number of rotatable bonds is 8. The average Bonchev–Trinajstić information content (AvgIpc) is 3.40. The second-order valence-corrected chi connectivity index (χ2v) is 5.51. The molecule has 0 atom stereocenters. The fourth-order valence-corrected chi connectivity index (χ4v) is 2.36. The molecule has 1 aliphatic carbocycles. The summed E-state index contributed by atoms with van der Waals surface area (Å²) in [6.45, 7) is 4.38. The van der Waals surface area contributed by atoms with Crippen molar-refractivity contribution in [1.82, 2.24) is 10.6 Å². The first-order valence-electron chi connectivity index (χ1n) is 8.03. The lowest BCUT2D eigenvalue weighted by molar-refractivity contribution is 0.322. The molecule has 24 heavy (non-hydrogen) atoms. The Morgan fingerprint density at radius 3 is 2.33 bits per heavy atom. The van der Waals surface area contributed by atoms with Crippen molar-refractivity contribution in [3.05, 3.63) is 17.7 Å². The summed E-state index contributed by atoms with van der Waals surface area (Å²) in [6, 6.07) is 3.82. The van der Waals surface area contributed by atoms with Crippen molar-refractivity contribution in [1.29, 1.82) is 0 Å². The Labute approximate surface area is 161 Å². The summed E-state index contributed by atoms with van der Waals surface area (Å²) in [6.07, 6.45) is 2.63. The smallest absolute Gasteiger partial charge is 0.203 e. The van der Waals surface area contributed by atoms with E-state index in [1.807, 2.05) is 12.1 Å². The summed E-state index contributed by atoms with van der Waals surface area (Å²) in [4.78, 5) is 4.64. The summed E-state index contributed by atoms with van der Waals surface area (Å²) in [7, 11) is 4.84. The van der Waals surface area contributed by atoms with Crippen LogP contribution in [0.4, 0.5) is 0 Å². The molecule has 0 aromatic heterocycles. The van der Waals surface area contributed by atoms with E-state index in [9.17, 15) is 0 Å². The van der Waals surface area contributed by atoms with Crippen molar-refractivity contribution in [2.24, 2.45) is 10.9 Å². The lowest BCUT2D eigenvalue weighted by atomic mass is 10.1. The van der Waals surface area contributed by atoms with Crippen LogP contribution in [0.25, 0.3) is 0 Å². The molecule has 0 spiro atoms. The highest BCUT2D eigenvalue weighted by atomic mass is 127. The molecular weight excluding hydrogens is 421 g/mol. The minimum absolute atomic E-state index is 0. The van der Waals surface area contributed by atoms with Gasteiger partial charge in [-0.2, -0.15) is 0 Å². The van der Waals surface area contributed by atoms with E-state index in [0.29, 0.717) is 23.8 Å². The van der Waals surface area contributed by atoms with E-state index >= 15 is 0 Å². The van der Waals surface area contributed by atoms with Crippen LogP contribution in [0.2, 0.25) is 0 Å². The van der Waals surface area contributed by atoms with E-state index < -0.39 is 0 Å². The number of nitrogens with zero attached hydrogens (tertiary/aromatic N) is 1. The van der Waals surface area contributed by atoms with Crippen LogP contribution in [0.1, 0.15) is 25.3 Å². The van der Waals surface area contributed by atoms with Crippen LogP contribution < -0.4 is 24.8 Å². The molecule has 136 valence electrons. The second kappa shape index (κ2) is 10.5. The molecule has 0 unspecified atom stereocenters. The zero-order valence-corrected chi connectivity index (χ0v) is 17.2. The first-order valence-corrected chi connectivity index (χ1v) is 8.03. The lowest BCUT2D eigenvalue weighted by Crippen LogP contribution is -2.38. The molecule has 2 N–H and O–H groups in total.